The zero-order valence-corrected chi connectivity index (χ0v) is 14.3. The van der Waals surface area contributed by atoms with E-state index in [1.54, 1.807) is 12.1 Å². The number of carbonyl (C=O) groups is 1. The van der Waals surface area contributed by atoms with Gasteiger partial charge in [-0.05, 0) is 56.1 Å². The molecule has 2 bridgehead atoms. The van der Waals surface area contributed by atoms with E-state index in [4.69, 9.17) is 4.74 Å². The molecule has 0 spiro atoms. The van der Waals surface area contributed by atoms with Crippen LogP contribution >= 0.6 is 0 Å². The monoisotopic (exact) mass is 347 g/mol. The van der Waals surface area contributed by atoms with E-state index in [2.05, 4.69) is 12.2 Å². The molecule has 24 heavy (non-hydrogen) atoms. The molecular weight excluding hydrogens is 326 g/mol. The number of hydrogen-bond donors (Lipinski definition) is 1. The van der Waals surface area contributed by atoms with Crippen LogP contribution < -0.4 is 4.72 Å². The summed E-state index contributed by atoms with van der Waals surface area (Å²) >= 11 is 0. The van der Waals surface area contributed by atoms with E-state index in [-0.39, 0.29) is 11.0 Å². The first kappa shape index (κ1) is 15.7. The van der Waals surface area contributed by atoms with Gasteiger partial charge in [0.1, 0.15) is 6.10 Å². The second kappa shape index (κ2) is 5.62. The highest BCUT2D eigenvalue weighted by Gasteiger charge is 2.53. The van der Waals surface area contributed by atoms with E-state index in [9.17, 15) is 13.2 Å². The number of hydrogen-bond acceptors (Lipinski definition) is 4. The minimum atomic E-state index is -3.89. The van der Waals surface area contributed by atoms with Gasteiger partial charge in [0, 0.05) is 5.92 Å². The average molecular weight is 347 g/mol. The van der Waals surface area contributed by atoms with E-state index in [1.807, 2.05) is 11.6 Å². The molecule has 3 aliphatic rings. The number of carbonyl (C=O) groups excluding carboxylic acids is 1. The van der Waals surface area contributed by atoms with Crippen molar-refractivity contribution in [3.63, 3.8) is 0 Å². The van der Waals surface area contributed by atoms with Crippen LogP contribution in [-0.4, -0.2) is 20.6 Å². The first-order chi connectivity index (χ1) is 11.4. The third-order valence-corrected chi connectivity index (χ3v) is 7.08. The number of benzene rings is 1. The topological polar surface area (TPSA) is 72.5 Å². The number of aryl methyl sites for hydroxylation is 1. The standard InChI is InChI=1S/C18H21NO4S/c1-11-5-7-13(8-6-11)24(21,22)19-18(20)23-17-10-12-9-16(17)15-4-2-3-14(12)15/h2,4-8,12,14-17H,3,9-10H2,1H3,(H,19,20)/t12-,14-,15+,16-,17-/m1/s1. The van der Waals surface area contributed by atoms with E-state index in [1.165, 1.54) is 12.1 Å². The van der Waals surface area contributed by atoms with Crippen molar-refractivity contribution in [2.75, 3.05) is 0 Å². The van der Waals surface area contributed by atoms with Crippen molar-refractivity contribution in [2.24, 2.45) is 23.7 Å². The highest BCUT2D eigenvalue weighted by molar-refractivity contribution is 7.90. The molecule has 1 aromatic rings. The molecule has 0 unspecified atom stereocenters. The van der Waals surface area contributed by atoms with Gasteiger partial charge >= 0.3 is 6.09 Å². The molecule has 1 amide bonds. The molecule has 0 radical (unpaired) electrons. The predicted octanol–water partition coefficient (Wildman–Crippen LogP) is 3.01. The van der Waals surface area contributed by atoms with Gasteiger partial charge in [0.2, 0.25) is 0 Å². The van der Waals surface area contributed by atoms with Crippen molar-refractivity contribution < 1.29 is 17.9 Å². The largest absolute Gasteiger partial charge is 0.445 e. The van der Waals surface area contributed by atoms with Crippen molar-refractivity contribution in [2.45, 2.75) is 37.2 Å². The van der Waals surface area contributed by atoms with Crippen molar-refractivity contribution in [1.29, 1.82) is 0 Å². The average Bonchev–Trinajstić information content (AvgIpc) is 3.19. The lowest BCUT2D eigenvalue weighted by molar-refractivity contribution is 0.0454. The Morgan fingerprint density at radius 1 is 1.17 bits per heavy atom. The molecule has 0 heterocycles. The molecule has 5 atom stereocenters. The second-order valence-electron chi connectivity index (χ2n) is 7.16. The molecule has 128 valence electrons. The summed E-state index contributed by atoms with van der Waals surface area (Å²) in [6, 6.07) is 6.36. The Morgan fingerprint density at radius 2 is 1.92 bits per heavy atom. The van der Waals surface area contributed by atoms with Gasteiger partial charge in [-0.2, -0.15) is 0 Å². The van der Waals surface area contributed by atoms with Gasteiger partial charge in [-0.25, -0.2) is 17.9 Å². The second-order valence-corrected chi connectivity index (χ2v) is 8.85. The zero-order valence-electron chi connectivity index (χ0n) is 13.5. The molecule has 5 nitrogen and oxygen atoms in total. The molecule has 4 rings (SSSR count). The van der Waals surface area contributed by atoms with Crippen molar-refractivity contribution in [1.82, 2.24) is 4.72 Å². The predicted molar refractivity (Wildman–Crippen MR) is 88.7 cm³/mol. The van der Waals surface area contributed by atoms with Gasteiger partial charge in [0.25, 0.3) is 10.0 Å². The Kier molecular flexibility index (Phi) is 3.67. The summed E-state index contributed by atoms with van der Waals surface area (Å²) in [5.41, 5.74) is 0.956. The number of sulfonamides is 1. The number of ether oxygens (including phenoxy) is 1. The van der Waals surface area contributed by atoms with Crippen molar-refractivity contribution >= 4 is 16.1 Å². The van der Waals surface area contributed by atoms with Crippen molar-refractivity contribution in [3.05, 3.63) is 42.0 Å². The molecule has 0 saturated heterocycles. The maximum Gasteiger partial charge on any atom is 0.421 e. The van der Waals surface area contributed by atoms with Gasteiger partial charge in [0.05, 0.1) is 4.90 Å². The summed E-state index contributed by atoms with van der Waals surface area (Å²) < 4.78 is 32.0. The van der Waals surface area contributed by atoms with Gasteiger partial charge in [-0.3, -0.25) is 0 Å². The van der Waals surface area contributed by atoms with Crippen LogP contribution in [0.2, 0.25) is 0 Å². The first-order valence-corrected chi connectivity index (χ1v) is 9.89. The number of allylic oxidation sites excluding steroid dienone is 2. The fourth-order valence-electron chi connectivity index (χ4n) is 4.67. The van der Waals surface area contributed by atoms with Crippen LogP contribution in [0.25, 0.3) is 0 Å². The van der Waals surface area contributed by atoms with Crippen LogP contribution in [0.1, 0.15) is 24.8 Å². The normalized spacial score (nSPS) is 33.5. The molecule has 3 aliphatic carbocycles. The highest BCUT2D eigenvalue weighted by Crippen LogP contribution is 2.57. The fraction of sp³-hybridized carbons (Fsp3) is 0.500. The Balaban J connectivity index is 1.40. The van der Waals surface area contributed by atoms with Crippen LogP contribution in [0.3, 0.4) is 0 Å². The van der Waals surface area contributed by atoms with Crippen LogP contribution in [0, 0.1) is 30.6 Å². The number of fused-ring (bicyclic) bond motifs is 5. The Morgan fingerprint density at radius 3 is 2.67 bits per heavy atom. The van der Waals surface area contributed by atoms with Crippen LogP contribution in [-0.2, 0) is 14.8 Å². The van der Waals surface area contributed by atoms with Gasteiger partial charge in [-0.1, -0.05) is 29.8 Å². The molecule has 2 saturated carbocycles. The lowest BCUT2D eigenvalue weighted by Crippen LogP contribution is -2.38. The molecule has 1 aromatic carbocycles. The van der Waals surface area contributed by atoms with Gasteiger partial charge in [0.15, 0.2) is 0 Å². The lowest BCUT2D eigenvalue weighted by atomic mass is 9.80. The number of rotatable bonds is 3. The quantitative estimate of drug-likeness (QED) is 0.853. The number of amides is 1. The first-order valence-electron chi connectivity index (χ1n) is 8.41. The smallest absolute Gasteiger partial charge is 0.421 e. The molecule has 1 N–H and O–H groups in total. The summed E-state index contributed by atoms with van der Waals surface area (Å²) in [6.45, 7) is 1.87. The Bertz CT molecular complexity index is 784. The maximum absolute atomic E-state index is 12.2. The lowest BCUT2D eigenvalue weighted by Gasteiger charge is -2.30. The maximum atomic E-state index is 12.2. The molecular formula is C18H21NO4S. The summed E-state index contributed by atoms with van der Waals surface area (Å²) in [4.78, 5) is 12.2. The van der Waals surface area contributed by atoms with Gasteiger partial charge in [-0.15, -0.1) is 0 Å². The fourth-order valence-corrected chi connectivity index (χ4v) is 5.55. The molecule has 2 fully saturated rings. The highest BCUT2D eigenvalue weighted by atomic mass is 32.2. The Labute approximate surface area is 142 Å². The minimum Gasteiger partial charge on any atom is -0.445 e. The van der Waals surface area contributed by atoms with E-state index >= 15 is 0 Å². The summed E-state index contributed by atoms with van der Waals surface area (Å²) in [7, 11) is -3.89. The summed E-state index contributed by atoms with van der Waals surface area (Å²) in [6.07, 6.45) is 6.49. The molecule has 0 aliphatic heterocycles. The van der Waals surface area contributed by atoms with Crippen LogP contribution in [0.4, 0.5) is 4.79 Å². The molecule has 0 aromatic heterocycles. The van der Waals surface area contributed by atoms with E-state index in [0.29, 0.717) is 23.7 Å². The third-order valence-electron chi connectivity index (χ3n) is 5.76. The van der Waals surface area contributed by atoms with E-state index < -0.39 is 16.1 Å². The zero-order chi connectivity index (χ0) is 16.9. The van der Waals surface area contributed by atoms with Gasteiger partial charge < -0.3 is 4.74 Å². The number of nitrogens with one attached hydrogen (secondary N) is 1. The summed E-state index contributed by atoms with van der Waals surface area (Å²) in [5.74, 6) is 2.14. The van der Waals surface area contributed by atoms with Crippen LogP contribution in [0.15, 0.2) is 41.3 Å². The minimum absolute atomic E-state index is 0.0665. The van der Waals surface area contributed by atoms with E-state index in [0.717, 1.165) is 24.8 Å². The van der Waals surface area contributed by atoms with Crippen molar-refractivity contribution in [3.8, 4) is 0 Å². The Hall–Kier alpha value is -1.82. The molecule has 6 heteroatoms. The summed E-state index contributed by atoms with van der Waals surface area (Å²) in [5, 5.41) is 0. The third kappa shape index (κ3) is 2.62. The SMILES string of the molecule is Cc1ccc(S(=O)(=O)NC(=O)O[C@@H]2C[C@H]3C[C@@H]2[C@H]2C=CC[C@H]32)cc1. The van der Waals surface area contributed by atoms with Crippen LogP contribution in [0.5, 0.6) is 0 Å².